The average Bonchev–Trinajstić information content (AvgIpc) is 2.28. The molecule has 1 aromatic rings. The van der Waals surface area contributed by atoms with Crippen LogP contribution in [0, 0.1) is 13.8 Å². The van der Waals surface area contributed by atoms with Gasteiger partial charge in [-0.05, 0) is 44.2 Å². The maximum Gasteiger partial charge on any atom is 0.0414 e. The van der Waals surface area contributed by atoms with Gasteiger partial charge >= 0.3 is 0 Å². The molecule has 1 N–H and O–H groups in total. The van der Waals surface area contributed by atoms with Crippen molar-refractivity contribution in [2.75, 3.05) is 18.6 Å². The summed E-state index contributed by atoms with van der Waals surface area (Å²) in [6, 6.07) is 7.23. The Morgan fingerprint density at radius 3 is 2.69 bits per heavy atom. The van der Waals surface area contributed by atoms with E-state index in [1.165, 1.54) is 23.1 Å². The van der Waals surface area contributed by atoms with E-state index in [0.29, 0.717) is 6.04 Å². The van der Waals surface area contributed by atoms with Crippen molar-refractivity contribution >= 4 is 11.8 Å². The zero-order valence-electron chi connectivity index (χ0n) is 10.8. The van der Waals surface area contributed by atoms with Gasteiger partial charge in [-0.3, -0.25) is 0 Å². The van der Waals surface area contributed by atoms with Crippen LogP contribution in [-0.2, 0) is 0 Å². The van der Waals surface area contributed by atoms with E-state index in [1.54, 1.807) is 0 Å². The molecule has 0 saturated heterocycles. The molecular formula is C14H23NS. The monoisotopic (exact) mass is 237 g/mol. The van der Waals surface area contributed by atoms with Crippen LogP contribution in [0.2, 0.25) is 0 Å². The molecule has 0 aliphatic rings. The molecule has 0 heterocycles. The molecule has 90 valence electrons. The summed E-state index contributed by atoms with van der Waals surface area (Å²) in [5.74, 6) is 1.14. The predicted octanol–water partition coefficient (Wildman–Crippen LogP) is 3.71. The first-order valence-corrected chi connectivity index (χ1v) is 7.38. The van der Waals surface area contributed by atoms with Crippen molar-refractivity contribution in [1.29, 1.82) is 0 Å². The summed E-state index contributed by atoms with van der Waals surface area (Å²) >= 11 is 1.91. The highest BCUT2D eigenvalue weighted by Crippen LogP contribution is 2.22. The van der Waals surface area contributed by atoms with Crippen molar-refractivity contribution in [2.24, 2.45) is 0 Å². The molecule has 0 aliphatic heterocycles. The molecule has 0 fully saturated rings. The maximum atomic E-state index is 3.63. The second-order valence-electron chi connectivity index (χ2n) is 4.32. The molecule has 0 aromatic heterocycles. The number of nitrogens with one attached hydrogen (secondary N) is 1. The number of thioether (sulfide) groups is 1. The van der Waals surface area contributed by atoms with Crippen molar-refractivity contribution in [3.8, 4) is 0 Å². The van der Waals surface area contributed by atoms with Gasteiger partial charge in [0.2, 0.25) is 0 Å². The number of aryl methyl sites for hydroxylation is 2. The number of hydrogen-bond acceptors (Lipinski definition) is 2. The third-order valence-electron chi connectivity index (χ3n) is 2.78. The summed E-state index contributed by atoms with van der Waals surface area (Å²) in [6.07, 6.45) is 3.36. The summed E-state index contributed by atoms with van der Waals surface area (Å²) < 4.78 is 0. The lowest BCUT2D eigenvalue weighted by atomic mass is 10.00. The molecule has 0 amide bonds. The van der Waals surface area contributed by atoms with Crippen LogP contribution >= 0.6 is 11.8 Å². The molecule has 1 atom stereocenters. The summed E-state index contributed by atoms with van der Waals surface area (Å²) in [7, 11) is 0. The zero-order chi connectivity index (χ0) is 12.0. The highest BCUT2D eigenvalue weighted by atomic mass is 32.2. The van der Waals surface area contributed by atoms with Gasteiger partial charge in [-0.2, -0.15) is 11.8 Å². The fraction of sp³-hybridized carbons (Fsp3) is 0.571. The van der Waals surface area contributed by atoms with Crippen LogP contribution in [0.5, 0.6) is 0 Å². The van der Waals surface area contributed by atoms with Gasteiger partial charge in [0.15, 0.2) is 0 Å². The van der Waals surface area contributed by atoms with E-state index >= 15 is 0 Å². The lowest BCUT2D eigenvalue weighted by Crippen LogP contribution is -2.24. The van der Waals surface area contributed by atoms with E-state index in [4.69, 9.17) is 0 Å². The Labute approximate surface area is 104 Å². The van der Waals surface area contributed by atoms with Crippen LogP contribution in [-0.4, -0.2) is 18.6 Å². The van der Waals surface area contributed by atoms with E-state index in [2.05, 4.69) is 50.5 Å². The summed E-state index contributed by atoms with van der Waals surface area (Å²) in [5.41, 5.74) is 4.21. The van der Waals surface area contributed by atoms with Gasteiger partial charge < -0.3 is 5.32 Å². The average molecular weight is 237 g/mol. The van der Waals surface area contributed by atoms with Crippen LogP contribution in [0.4, 0.5) is 0 Å². The number of rotatable bonds is 6. The predicted molar refractivity (Wildman–Crippen MR) is 75.3 cm³/mol. The molecular weight excluding hydrogens is 214 g/mol. The SMILES string of the molecule is CCCNC(CSC)c1cc(C)ccc1C. The Balaban J connectivity index is 2.85. The molecule has 1 rings (SSSR count). The molecule has 2 heteroatoms. The van der Waals surface area contributed by atoms with Crippen molar-refractivity contribution in [2.45, 2.75) is 33.2 Å². The molecule has 1 unspecified atom stereocenters. The lowest BCUT2D eigenvalue weighted by Gasteiger charge is -2.20. The van der Waals surface area contributed by atoms with Gasteiger partial charge in [0, 0.05) is 11.8 Å². The molecule has 0 bridgehead atoms. The first-order valence-electron chi connectivity index (χ1n) is 5.98. The Kier molecular flexibility index (Phi) is 5.93. The molecule has 16 heavy (non-hydrogen) atoms. The summed E-state index contributed by atoms with van der Waals surface area (Å²) in [5, 5.41) is 3.63. The molecule has 1 nitrogen and oxygen atoms in total. The van der Waals surface area contributed by atoms with Crippen LogP contribution in [0.3, 0.4) is 0 Å². The first-order chi connectivity index (χ1) is 7.69. The fourth-order valence-electron chi connectivity index (χ4n) is 1.88. The van der Waals surface area contributed by atoms with Crippen LogP contribution in [0.25, 0.3) is 0 Å². The Morgan fingerprint density at radius 2 is 2.06 bits per heavy atom. The summed E-state index contributed by atoms with van der Waals surface area (Å²) in [6.45, 7) is 7.68. The minimum absolute atomic E-state index is 0.495. The summed E-state index contributed by atoms with van der Waals surface area (Å²) in [4.78, 5) is 0. The van der Waals surface area contributed by atoms with E-state index in [9.17, 15) is 0 Å². The standard InChI is InChI=1S/C14H23NS/c1-5-8-15-14(10-16-4)13-9-11(2)6-7-12(13)3/h6-7,9,14-15H,5,8,10H2,1-4H3. The lowest BCUT2D eigenvalue weighted by molar-refractivity contribution is 0.575. The first kappa shape index (κ1) is 13.6. The van der Waals surface area contributed by atoms with E-state index in [0.717, 1.165) is 12.3 Å². The quantitative estimate of drug-likeness (QED) is 0.809. The molecule has 0 saturated carbocycles. The Morgan fingerprint density at radius 1 is 1.31 bits per heavy atom. The van der Waals surface area contributed by atoms with Gasteiger partial charge in [-0.15, -0.1) is 0 Å². The molecule has 0 spiro atoms. The minimum Gasteiger partial charge on any atom is -0.309 e. The van der Waals surface area contributed by atoms with Crippen molar-refractivity contribution < 1.29 is 0 Å². The second-order valence-corrected chi connectivity index (χ2v) is 5.23. The fourth-order valence-corrected chi connectivity index (χ4v) is 2.51. The van der Waals surface area contributed by atoms with Gasteiger partial charge in [0.25, 0.3) is 0 Å². The van der Waals surface area contributed by atoms with E-state index < -0.39 is 0 Å². The van der Waals surface area contributed by atoms with Crippen molar-refractivity contribution in [1.82, 2.24) is 5.32 Å². The highest BCUT2D eigenvalue weighted by molar-refractivity contribution is 7.98. The van der Waals surface area contributed by atoms with E-state index in [1.807, 2.05) is 11.8 Å². The van der Waals surface area contributed by atoms with Crippen molar-refractivity contribution in [3.05, 3.63) is 34.9 Å². The molecule has 0 radical (unpaired) electrons. The van der Waals surface area contributed by atoms with Gasteiger partial charge in [0.05, 0.1) is 0 Å². The van der Waals surface area contributed by atoms with Crippen LogP contribution in [0.15, 0.2) is 18.2 Å². The maximum absolute atomic E-state index is 3.63. The zero-order valence-corrected chi connectivity index (χ0v) is 11.7. The smallest absolute Gasteiger partial charge is 0.0414 e. The van der Waals surface area contributed by atoms with Gasteiger partial charge in [-0.1, -0.05) is 30.7 Å². The topological polar surface area (TPSA) is 12.0 Å². The Bertz CT molecular complexity index is 323. The third kappa shape index (κ3) is 3.84. The van der Waals surface area contributed by atoms with Crippen LogP contribution in [0.1, 0.15) is 36.1 Å². The largest absolute Gasteiger partial charge is 0.309 e. The second kappa shape index (κ2) is 6.97. The molecule has 0 aliphatic carbocycles. The van der Waals surface area contributed by atoms with E-state index in [-0.39, 0.29) is 0 Å². The van der Waals surface area contributed by atoms with Gasteiger partial charge in [-0.25, -0.2) is 0 Å². The third-order valence-corrected chi connectivity index (χ3v) is 3.45. The minimum atomic E-state index is 0.495. The normalized spacial score (nSPS) is 12.8. The number of hydrogen-bond donors (Lipinski definition) is 1. The van der Waals surface area contributed by atoms with Crippen LogP contribution < -0.4 is 5.32 Å². The Hall–Kier alpha value is -0.470. The number of benzene rings is 1. The van der Waals surface area contributed by atoms with Gasteiger partial charge in [0.1, 0.15) is 0 Å². The van der Waals surface area contributed by atoms with Crippen molar-refractivity contribution in [3.63, 3.8) is 0 Å². The molecule has 1 aromatic carbocycles. The highest BCUT2D eigenvalue weighted by Gasteiger charge is 2.12.